The van der Waals surface area contributed by atoms with Crippen molar-refractivity contribution in [1.29, 1.82) is 0 Å². The van der Waals surface area contributed by atoms with E-state index in [1.54, 1.807) is 0 Å². The van der Waals surface area contributed by atoms with Crippen LogP contribution in [0.15, 0.2) is 11.6 Å². The lowest BCUT2D eigenvalue weighted by molar-refractivity contribution is -0.140. The van der Waals surface area contributed by atoms with Crippen LogP contribution in [0.4, 0.5) is 0 Å². The minimum Gasteiger partial charge on any atom is -0.481 e. The zero-order chi connectivity index (χ0) is 13.2. The van der Waals surface area contributed by atoms with Crippen molar-refractivity contribution >= 4 is 5.97 Å². The molecule has 1 unspecified atom stereocenters. The third-order valence-electron chi connectivity index (χ3n) is 3.92. The molecular weight excluding hydrogens is 224 g/mol. The number of hydrogen-bond acceptors (Lipinski definition) is 1. The molecule has 0 aromatic rings. The van der Waals surface area contributed by atoms with Crippen molar-refractivity contribution in [1.82, 2.24) is 0 Å². The van der Waals surface area contributed by atoms with Crippen LogP contribution in [0.2, 0.25) is 0 Å². The molecule has 0 heterocycles. The normalized spacial score (nSPS) is 21.6. The van der Waals surface area contributed by atoms with Crippen LogP contribution >= 0.6 is 0 Å². The second-order valence-electron chi connectivity index (χ2n) is 5.47. The van der Waals surface area contributed by atoms with Gasteiger partial charge in [-0.2, -0.15) is 0 Å². The molecule has 18 heavy (non-hydrogen) atoms. The van der Waals surface area contributed by atoms with E-state index in [1.165, 1.54) is 50.5 Å². The first-order valence-electron chi connectivity index (χ1n) is 7.67. The first-order chi connectivity index (χ1) is 8.75. The zero-order valence-corrected chi connectivity index (χ0v) is 11.8. The van der Waals surface area contributed by atoms with Crippen LogP contribution in [-0.4, -0.2) is 11.1 Å². The van der Waals surface area contributed by atoms with E-state index in [-0.39, 0.29) is 5.92 Å². The summed E-state index contributed by atoms with van der Waals surface area (Å²) in [7, 11) is 0. The molecule has 0 aliphatic heterocycles. The average molecular weight is 252 g/mol. The van der Waals surface area contributed by atoms with Crippen LogP contribution in [0, 0.1) is 5.92 Å². The number of carbonyl (C=O) groups is 1. The summed E-state index contributed by atoms with van der Waals surface area (Å²) in [6.45, 7) is 2.24. The minimum absolute atomic E-state index is 0.172. The summed E-state index contributed by atoms with van der Waals surface area (Å²) in [4.78, 5) is 11.0. The van der Waals surface area contributed by atoms with E-state index in [4.69, 9.17) is 5.11 Å². The fourth-order valence-corrected chi connectivity index (χ4v) is 2.79. The third-order valence-corrected chi connectivity index (χ3v) is 3.92. The molecule has 2 nitrogen and oxygen atoms in total. The van der Waals surface area contributed by atoms with Gasteiger partial charge in [0.2, 0.25) is 0 Å². The Labute approximate surface area is 111 Å². The molecule has 1 saturated carbocycles. The van der Waals surface area contributed by atoms with Crippen molar-refractivity contribution in [3.8, 4) is 0 Å². The van der Waals surface area contributed by atoms with Gasteiger partial charge >= 0.3 is 5.97 Å². The van der Waals surface area contributed by atoms with Crippen LogP contribution < -0.4 is 0 Å². The number of hydrogen-bond donors (Lipinski definition) is 1. The number of rotatable bonds is 9. The summed E-state index contributed by atoms with van der Waals surface area (Å²) >= 11 is 0. The maximum atomic E-state index is 11.0. The molecule has 1 atom stereocenters. The van der Waals surface area contributed by atoms with Gasteiger partial charge in [-0.15, -0.1) is 0 Å². The molecule has 0 amide bonds. The third kappa shape index (κ3) is 5.70. The number of carboxylic acids is 1. The van der Waals surface area contributed by atoms with Gasteiger partial charge in [0.25, 0.3) is 0 Å². The molecule has 0 saturated heterocycles. The summed E-state index contributed by atoms with van der Waals surface area (Å²) in [6.07, 6.45) is 15.5. The molecule has 0 bridgehead atoms. The van der Waals surface area contributed by atoms with Crippen molar-refractivity contribution in [2.45, 2.75) is 77.6 Å². The molecule has 0 radical (unpaired) electrons. The second kappa shape index (κ2) is 9.18. The van der Waals surface area contributed by atoms with Crippen molar-refractivity contribution in [2.75, 3.05) is 0 Å². The predicted octanol–water partition coefficient (Wildman–Crippen LogP) is 4.94. The van der Waals surface area contributed by atoms with Gasteiger partial charge in [-0.1, -0.05) is 57.1 Å². The number of carboxylic acid groups (broad SMARTS) is 1. The lowest BCUT2D eigenvalue weighted by Gasteiger charge is -2.06. The van der Waals surface area contributed by atoms with Crippen LogP contribution in [0.3, 0.4) is 0 Å². The van der Waals surface area contributed by atoms with E-state index in [9.17, 15) is 4.79 Å². The standard InChI is InChI=1S/C16H28O2/c1-2-3-4-5-6-7-8-9-11-14-12-10-13-15(14)16(17)18/h11,15H,2-10,12-13H2,1H3,(H,17,18)/b14-11-. The highest BCUT2D eigenvalue weighted by Gasteiger charge is 2.26. The molecule has 1 N–H and O–H groups in total. The molecule has 1 aliphatic carbocycles. The lowest BCUT2D eigenvalue weighted by Crippen LogP contribution is -2.10. The predicted molar refractivity (Wildman–Crippen MR) is 75.7 cm³/mol. The highest BCUT2D eigenvalue weighted by atomic mass is 16.4. The first-order valence-corrected chi connectivity index (χ1v) is 7.67. The van der Waals surface area contributed by atoms with Crippen molar-refractivity contribution in [3.05, 3.63) is 11.6 Å². The lowest BCUT2D eigenvalue weighted by atomic mass is 10.0. The fourth-order valence-electron chi connectivity index (χ4n) is 2.79. The molecule has 104 valence electrons. The van der Waals surface area contributed by atoms with E-state index < -0.39 is 5.97 Å². The van der Waals surface area contributed by atoms with Crippen LogP contribution in [0.1, 0.15) is 77.6 Å². The quantitative estimate of drug-likeness (QED) is 0.466. The molecule has 2 heteroatoms. The molecule has 0 aromatic carbocycles. The summed E-state index contributed by atoms with van der Waals surface area (Å²) in [5.74, 6) is -0.798. The Morgan fingerprint density at radius 1 is 1.22 bits per heavy atom. The van der Waals surface area contributed by atoms with E-state index in [0.717, 1.165) is 25.7 Å². The van der Waals surface area contributed by atoms with E-state index >= 15 is 0 Å². The highest BCUT2D eigenvalue weighted by molar-refractivity contribution is 5.74. The van der Waals surface area contributed by atoms with Gasteiger partial charge in [-0.3, -0.25) is 4.79 Å². The Morgan fingerprint density at radius 2 is 1.89 bits per heavy atom. The number of unbranched alkanes of at least 4 members (excludes halogenated alkanes) is 7. The van der Waals surface area contributed by atoms with Gasteiger partial charge in [-0.05, 0) is 32.1 Å². The largest absolute Gasteiger partial charge is 0.481 e. The monoisotopic (exact) mass is 252 g/mol. The van der Waals surface area contributed by atoms with E-state index in [0.29, 0.717) is 0 Å². The molecule has 0 spiro atoms. The van der Waals surface area contributed by atoms with Crippen molar-refractivity contribution in [2.24, 2.45) is 5.92 Å². The maximum Gasteiger partial charge on any atom is 0.310 e. The van der Waals surface area contributed by atoms with Gasteiger partial charge < -0.3 is 5.11 Å². The SMILES string of the molecule is CCCCCCCCC/C=C1/CCCC1C(=O)O. The summed E-state index contributed by atoms with van der Waals surface area (Å²) in [5.41, 5.74) is 1.19. The van der Waals surface area contributed by atoms with E-state index in [1.807, 2.05) is 0 Å². The Hall–Kier alpha value is -0.790. The first kappa shape index (κ1) is 15.3. The molecule has 1 aliphatic rings. The number of allylic oxidation sites excluding steroid dienone is 1. The molecule has 1 rings (SSSR count). The highest BCUT2D eigenvalue weighted by Crippen LogP contribution is 2.31. The Balaban J connectivity index is 2.07. The summed E-state index contributed by atoms with van der Waals surface area (Å²) in [6, 6.07) is 0. The maximum absolute atomic E-state index is 11.0. The van der Waals surface area contributed by atoms with Gasteiger partial charge in [0.05, 0.1) is 5.92 Å². The van der Waals surface area contributed by atoms with Crippen LogP contribution in [0.5, 0.6) is 0 Å². The molecule has 0 aromatic heterocycles. The Morgan fingerprint density at radius 3 is 2.56 bits per heavy atom. The van der Waals surface area contributed by atoms with Gasteiger partial charge in [0.1, 0.15) is 0 Å². The van der Waals surface area contributed by atoms with E-state index in [2.05, 4.69) is 13.0 Å². The summed E-state index contributed by atoms with van der Waals surface area (Å²) in [5, 5.41) is 9.07. The number of aliphatic carboxylic acids is 1. The van der Waals surface area contributed by atoms with Gasteiger partial charge in [0.15, 0.2) is 0 Å². The molecule has 1 fully saturated rings. The fraction of sp³-hybridized carbons (Fsp3) is 0.812. The van der Waals surface area contributed by atoms with Crippen molar-refractivity contribution < 1.29 is 9.90 Å². The van der Waals surface area contributed by atoms with Crippen LogP contribution in [-0.2, 0) is 4.79 Å². The Kier molecular flexibility index (Phi) is 7.79. The second-order valence-corrected chi connectivity index (χ2v) is 5.47. The molecular formula is C16H28O2. The smallest absolute Gasteiger partial charge is 0.310 e. The Bertz CT molecular complexity index is 268. The van der Waals surface area contributed by atoms with Gasteiger partial charge in [-0.25, -0.2) is 0 Å². The van der Waals surface area contributed by atoms with Crippen LogP contribution in [0.25, 0.3) is 0 Å². The summed E-state index contributed by atoms with van der Waals surface area (Å²) < 4.78 is 0. The van der Waals surface area contributed by atoms with Gasteiger partial charge in [0, 0.05) is 0 Å². The zero-order valence-electron chi connectivity index (χ0n) is 11.8. The minimum atomic E-state index is -0.627. The average Bonchev–Trinajstić information content (AvgIpc) is 2.81. The topological polar surface area (TPSA) is 37.3 Å². The van der Waals surface area contributed by atoms with Crippen molar-refractivity contribution in [3.63, 3.8) is 0 Å².